The van der Waals surface area contributed by atoms with E-state index in [2.05, 4.69) is 103 Å². The maximum absolute atomic E-state index is 6.65. The van der Waals surface area contributed by atoms with Crippen molar-refractivity contribution in [2.45, 2.75) is 97.8 Å². The molecule has 0 aromatic heterocycles. The van der Waals surface area contributed by atoms with E-state index in [1.165, 1.54) is 0 Å². The number of hydrogen-bond acceptors (Lipinski definition) is 1. The molecular weight excluding hydrogens is 360 g/mol. The van der Waals surface area contributed by atoms with E-state index >= 15 is 0 Å². The molecule has 0 aromatic carbocycles. The van der Waals surface area contributed by atoms with E-state index < -0.39 is 16.4 Å². The average Bonchev–Trinajstić information content (AvgIpc) is 2.49. The van der Waals surface area contributed by atoms with Gasteiger partial charge in [-0.05, 0) is 37.9 Å². The Kier molecular flexibility index (Phi) is 10.7. The fraction of sp³-hybridized carbons (Fsp3) is 0.667. The lowest BCUT2D eigenvalue weighted by Gasteiger charge is -2.40. The molecule has 0 radical (unpaired) electrons. The first-order valence-electron chi connectivity index (χ1n) is 10.3. The highest BCUT2D eigenvalue weighted by Gasteiger charge is 2.39. The molecule has 0 N–H and O–H groups in total. The molecular formula is C24H42OSi2. The van der Waals surface area contributed by atoms with Gasteiger partial charge >= 0.3 is 0 Å². The van der Waals surface area contributed by atoms with Gasteiger partial charge in [-0.15, -0.1) is 12.1 Å². The molecule has 0 saturated carbocycles. The highest BCUT2D eigenvalue weighted by atomic mass is 28.4. The van der Waals surface area contributed by atoms with Gasteiger partial charge in [0.25, 0.3) is 0 Å². The highest BCUT2D eigenvalue weighted by molar-refractivity contribution is 6.83. The van der Waals surface area contributed by atoms with Gasteiger partial charge in [0.05, 0.1) is 5.57 Å². The van der Waals surface area contributed by atoms with E-state index in [-0.39, 0.29) is 17.1 Å². The van der Waals surface area contributed by atoms with Gasteiger partial charge in [-0.1, -0.05) is 77.2 Å². The standard InChI is InChI=1S/C24H42OSi2/c1-12-14-15-17-22(18-19-26(7,8)9)20-23(16-13-2)21(3)25-27(10,11)24(4,5)6/h13,20-21,23H,2,12,14,16H2,1,3-11H3/b22-20-/t21-,23+/m0/s1. The van der Waals surface area contributed by atoms with Crippen LogP contribution in [0.15, 0.2) is 24.3 Å². The Bertz CT molecular complexity index is 622. The van der Waals surface area contributed by atoms with Crippen molar-refractivity contribution in [2.24, 2.45) is 5.92 Å². The minimum atomic E-state index is -1.82. The zero-order valence-electron chi connectivity index (χ0n) is 19.5. The number of unbranched alkanes of at least 4 members (excludes halogenated alkanes) is 1. The van der Waals surface area contributed by atoms with Crippen LogP contribution in [-0.2, 0) is 4.43 Å². The molecule has 0 aliphatic rings. The lowest BCUT2D eigenvalue weighted by atomic mass is 9.97. The van der Waals surface area contributed by atoms with Gasteiger partial charge in [-0.2, -0.15) is 0 Å². The van der Waals surface area contributed by atoms with Crippen molar-refractivity contribution in [3.8, 4) is 23.3 Å². The van der Waals surface area contributed by atoms with E-state index in [1.807, 2.05) is 6.08 Å². The summed E-state index contributed by atoms with van der Waals surface area (Å²) in [6.07, 6.45) is 7.20. The predicted molar refractivity (Wildman–Crippen MR) is 128 cm³/mol. The van der Waals surface area contributed by atoms with Gasteiger partial charge < -0.3 is 4.43 Å². The Labute approximate surface area is 172 Å². The number of rotatable bonds is 7. The summed E-state index contributed by atoms with van der Waals surface area (Å²) >= 11 is 0. The predicted octanol–water partition coefficient (Wildman–Crippen LogP) is 7.20. The molecule has 0 spiro atoms. The Balaban J connectivity index is 5.78. The quantitative estimate of drug-likeness (QED) is 0.248. The molecule has 0 aliphatic heterocycles. The molecule has 0 bridgehead atoms. The maximum atomic E-state index is 6.65. The van der Waals surface area contributed by atoms with Crippen molar-refractivity contribution >= 4 is 16.4 Å². The lowest BCUT2D eigenvalue weighted by Crippen LogP contribution is -2.44. The van der Waals surface area contributed by atoms with Crippen molar-refractivity contribution < 1.29 is 4.43 Å². The molecule has 2 atom stereocenters. The molecule has 3 heteroatoms. The summed E-state index contributed by atoms with van der Waals surface area (Å²) in [6, 6.07) is 0. The topological polar surface area (TPSA) is 9.23 Å². The second-order valence-electron chi connectivity index (χ2n) is 9.90. The third-order valence-corrected chi connectivity index (χ3v) is 10.3. The Morgan fingerprint density at radius 3 is 2.15 bits per heavy atom. The van der Waals surface area contributed by atoms with Gasteiger partial charge in [0, 0.05) is 18.4 Å². The maximum Gasteiger partial charge on any atom is 0.192 e. The van der Waals surface area contributed by atoms with Crippen molar-refractivity contribution in [3.63, 3.8) is 0 Å². The minimum Gasteiger partial charge on any atom is -0.414 e. The smallest absolute Gasteiger partial charge is 0.192 e. The van der Waals surface area contributed by atoms with Gasteiger partial charge in [0.1, 0.15) is 8.07 Å². The van der Waals surface area contributed by atoms with E-state index in [0.717, 1.165) is 24.8 Å². The SMILES string of the molecule is C=CC[C@H](/C=C(/C#CCCC)C#C[Si](C)(C)C)[C@H](C)O[Si](C)(C)C(C)(C)C. The van der Waals surface area contributed by atoms with Crippen LogP contribution in [0.4, 0.5) is 0 Å². The van der Waals surface area contributed by atoms with Gasteiger partial charge in [-0.25, -0.2) is 0 Å². The number of allylic oxidation sites excluding steroid dienone is 2. The third-order valence-electron chi connectivity index (χ3n) is 4.88. The molecule has 0 amide bonds. The second kappa shape index (κ2) is 11.1. The van der Waals surface area contributed by atoms with Gasteiger partial charge in [-0.3, -0.25) is 0 Å². The first-order valence-corrected chi connectivity index (χ1v) is 16.7. The summed E-state index contributed by atoms with van der Waals surface area (Å²) in [4.78, 5) is 0. The van der Waals surface area contributed by atoms with Crippen LogP contribution in [0.25, 0.3) is 0 Å². The first kappa shape index (κ1) is 26.0. The van der Waals surface area contributed by atoms with E-state index in [4.69, 9.17) is 4.43 Å². The summed E-state index contributed by atoms with van der Waals surface area (Å²) < 4.78 is 6.65. The largest absolute Gasteiger partial charge is 0.414 e. The monoisotopic (exact) mass is 402 g/mol. The zero-order chi connectivity index (χ0) is 21.3. The average molecular weight is 403 g/mol. The van der Waals surface area contributed by atoms with Gasteiger partial charge in [0.15, 0.2) is 8.32 Å². The van der Waals surface area contributed by atoms with E-state index in [0.29, 0.717) is 0 Å². The molecule has 0 aliphatic carbocycles. The van der Waals surface area contributed by atoms with Crippen molar-refractivity contribution in [2.75, 3.05) is 0 Å². The highest BCUT2D eigenvalue weighted by Crippen LogP contribution is 2.38. The first-order chi connectivity index (χ1) is 12.2. The lowest BCUT2D eigenvalue weighted by molar-refractivity contribution is 0.157. The molecule has 0 aromatic rings. The fourth-order valence-electron chi connectivity index (χ4n) is 2.18. The molecule has 0 fully saturated rings. The molecule has 0 saturated heterocycles. The van der Waals surface area contributed by atoms with Crippen molar-refractivity contribution in [1.29, 1.82) is 0 Å². The molecule has 0 rings (SSSR count). The van der Waals surface area contributed by atoms with Crippen LogP contribution in [0.3, 0.4) is 0 Å². The normalized spacial score (nSPS) is 15.1. The van der Waals surface area contributed by atoms with E-state index in [1.54, 1.807) is 0 Å². The second-order valence-corrected chi connectivity index (χ2v) is 19.4. The zero-order valence-corrected chi connectivity index (χ0v) is 21.5. The van der Waals surface area contributed by atoms with E-state index in [9.17, 15) is 0 Å². The van der Waals surface area contributed by atoms with Crippen LogP contribution in [-0.4, -0.2) is 22.5 Å². The molecule has 1 nitrogen and oxygen atoms in total. The summed E-state index contributed by atoms with van der Waals surface area (Å²) in [5, 5.41) is 0.200. The van der Waals surface area contributed by atoms with Crippen molar-refractivity contribution in [1.82, 2.24) is 0 Å². The molecule has 0 heterocycles. The van der Waals surface area contributed by atoms with Crippen LogP contribution in [0, 0.1) is 29.2 Å². The Morgan fingerprint density at radius 2 is 1.70 bits per heavy atom. The third kappa shape index (κ3) is 10.8. The van der Waals surface area contributed by atoms with Crippen LogP contribution in [0.1, 0.15) is 53.9 Å². The Morgan fingerprint density at radius 1 is 1.11 bits per heavy atom. The van der Waals surface area contributed by atoms with Crippen LogP contribution in [0.5, 0.6) is 0 Å². The molecule has 27 heavy (non-hydrogen) atoms. The van der Waals surface area contributed by atoms with Crippen LogP contribution >= 0.6 is 0 Å². The van der Waals surface area contributed by atoms with Crippen LogP contribution in [0.2, 0.25) is 37.8 Å². The van der Waals surface area contributed by atoms with Crippen LogP contribution < -0.4 is 0 Å². The molecule has 0 unspecified atom stereocenters. The number of hydrogen-bond donors (Lipinski definition) is 0. The summed E-state index contributed by atoms with van der Waals surface area (Å²) in [6.45, 7) is 26.6. The summed E-state index contributed by atoms with van der Waals surface area (Å²) in [5.41, 5.74) is 4.42. The summed E-state index contributed by atoms with van der Waals surface area (Å²) in [7, 11) is -3.26. The van der Waals surface area contributed by atoms with Crippen molar-refractivity contribution in [3.05, 3.63) is 24.3 Å². The Hall–Kier alpha value is -1.01. The molecule has 152 valence electrons. The summed E-state index contributed by atoms with van der Waals surface area (Å²) in [5.74, 6) is 10.2. The van der Waals surface area contributed by atoms with Gasteiger partial charge in [0.2, 0.25) is 0 Å². The minimum absolute atomic E-state index is 0.126. The fourth-order valence-corrected chi connectivity index (χ4v) is 4.15.